The van der Waals surface area contributed by atoms with E-state index in [1.807, 2.05) is 24.3 Å². The van der Waals surface area contributed by atoms with Crippen LogP contribution in [-0.4, -0.2) is 32.7 Å². The average molecular weight is 457 g/mol. The number of alkyl halides is 3. The van der Waals surface area contributed by atoms with Crippen LogP contribution in [0.15, 0.2) is 78.0 Å². The van der Waals surface area contributed by atoms with Crippen molar-refractivity contribution < 1.29 is 27.8 Å². The monoisotopic (exact) mass is 457 g/mol. The maximum Gasteiger partial charge on any atom is 0.573 e. The summed E-state index contributed by atoms with van der Waals surface area (Å²) in [6, 6.07) is 13.8. The number of imidazole rings is 1. The van der Waals surface area contributed by atoms with Gasteiger partial charge < -0.3 is 14.6 Å². The zero-order chi connectivity index (χ0) is 23.6. The number of ether oxygens (including phenoxy) is 2. The topological polar surface area (TPSA) is 78.5 Å². The van der Waals surface area contributed by atoms with Crippen LogP contribution in [0.2, 0.25) is 0 Å². The summed E-state index contributed by atoms with van der Waals surface area (Å²) < 4.78 is 48.4. The molecule has 4 aromatic rings. The predicted octanol–water partition coefficient (Wildman–Crippen LogP) is 4.36. The van der Waals surface area contributed by atoms with Crippen molar-refractivity contribution in [1.29, 1.82) is 0 Å². The third-order valence-corrected chi connectivity index (χ3v) is 4.92. The van der Waals surface area contributed by atoms with Gasteiger partial charge in [0.15, 0.2) is 0 Å². The number of benzene rings is 2. The van der Waals surface area contributed by atoms with Gasteiger partial charge in [-0.25, -0.2) is 9.36 Å². The molecule has 0 radical (unpaired) electrons. The van der Waals surface area contributed by atoms with Crippen molar-refractivity contribution in [2.75, 3.05) is 7.11 Å². The van der Waals surface area contributed by atoms with Gasteiger partial charge in [-0.15, -0.1) is 13.2 Å². The van der Waals surface area contributed by atoms with Gasteiger partial charge >= 0.3 is 12.1 Å². The molecule has 0 atom stereocenters. The Morgan fingerprint density at radius 2 is 1.67 bits per heavy atom. The lowest BCUT2D eigenvalue weighted by Gasteiger charge is -2.10. The zero-order valence-electron chi connectivity index (χ0n) is 17.3. The first-order valence-electron chi connectivity index (χ1n) is 9.70. The van der Waals surface area contributed by atoms with Crippen molar-refractivity contribution in [3.05, 3.63) is 89.2 Å². The van der Waals surface area contributed by atoms with Gasteiger partial charge in [0.05, 0.1) is 25.5 Å². The van der Waals surface area contributed by atoms with Crippen LogP contribution in [0.1, 0.15) is 5.56 Å². The van der Waals surface area contributed by atoms with Gasteiger partial charge in [0.1, 0.15) is 11.5 Å². The molecule has 7 nitrogen and oxygen atoms in total. The molecule has 0 aliphatic rings. The molecule has 33 heavy (non-hydrogen) atoms. The van der Waals surface area contributed by atoms with Gasteiger partial charge in [-0.1, -0.05) is 12.1 Å². The smallest absolute Gasteiger partial charge is 0.497 e. The van der Waals surface area contributed by atoms with E-state index in [0.29, 0.717) is 5.75 Å². The van der Waals surface area contributed by atoms with E-state index in [1.54, 1.807) is 25.6 Å². The molecule has 0 spiro atoms. The SMILES string of the molecule is COc1ccc(-c2cnccc2Cn2cc(O)n(-c3ccc(OC(F)(F)F)cc3)c2=O)cc1. The molecule has 10 heteroatoms. The number of aromatic nitrogens is 3. The van der Waals surface area contributed by atoms with Crippen LogP contribution in [0.4, 0.5) is 13.2 Å². The Hall–Kier alpha value is -4.21. The highest BCUT2D eigenvalue weighted by Crippen LogP contribution is 2.27. The van der Waals surface area contributed by atoms with E-state index >= 15 is 0 Å². The van der Waals surface area contributed by atoms with E-state index in [0.717, 1.165) is 33.4 Å². The molecule has 2 heterocycles. The van der Waals surface area contributed by atoms with Crippen LogP contribution in [-0.2, 0) is 6.54 Å². The lowest BCUT2D eigenvalue weighted by atomic mass is 10.0. The summed E-state index contributed by atoms with van der Waals surface area (Å²) in [5.74, 6) is -0.0854. The van der Waals surface area contributed by atoms with Gasteiger partial charge in [-0.3, -0.25) is 9.55 Å². The van der Waals surface area contributed by atoms with Crippen molar-refractivity contribution in [3.8, 4) is 34.2 Å². The van der Waals surface area contributed by atoms with Crippen molar-refractivity contribution in [1.82, 2.24) is 14.1 Å². The van der Waals surface area contributed by atoms with Gasteiger partial charge in [0, 0.05) is 18.0 Å². The Balaban J connectivity index is 1.64. The predicted molar refractivity (Wildman–Crippen MR) is 114 cm³/mol. The van der Waals surface area contributed by atoms with Crippen LogP contribution < -0.4 is 15.2 Å². The fourth-order valence-corrected chi connectivity index (χ4v) is 3.41. The summed E-state index contributed by atoms with van der Waals surface area (Å²) in [5.41, 5.74) is 2.08. The van der Waals surface area contributed by atoms with Crippen molar-refractivity contribution >= 4 is 0 Å². The lowest BCUT2D eigenvalue weighted by molar-refractivity contribution is -0.274. The number of nitrogens with zero attached hydrogens (tertiary/aromatic N) is 3. The fraction of sp³-hybridized carbons (Fsp3) is 0.130. The minimum atomic E-state index is -4.82. The number of hydrogen-bond acceptors (Lipinski definition) is 5. The first kappa shape index (κ1) is 22.0. The molecular weight excluding hydrogens is 439 g/mol. The highest BCUT2D eigenvalue weighted by Gasteiger charge is 2.31. The Morgan fingerprint density at radius 1 is 1.00 bits per heavy atom. The Labute approximate surface area is 185 Å². The highest BCUT2D eigenvalue weighted by atomic mass is 19.4. The molecule has 170 valence electrons. The van der Waals surface area contributed by atoms with E-state index in [4.69, 9.17) is 4.74 Å². The van der Waals surface area contributed by atoms with E-state index in [1.165, 1.54) is 22.9 Å². The van der Waals surface area contributed by atoms with Crippen molar-refractivity contribution in [2.24, 2.45) is 0 Å². The van der Waals surface area contributed by atoms with Crippen LogP contribution in [0.3, 0.4) is 0 Å². The number of halogens is 3. The van der Waals surface area contributed by atoms with E-state index < -0.39 is 17.8 Å². The molecular formula is C23H18F3N3O4. The minimum absolute atomic E-state index is 0.137. The second kappa shape index (κ2) is 8.73. The number of methoxy groups -OCH3 is 1. The second-order valence-corrected chi connectivity index (χ2v) is 7.04. The first-order valence-corrected chi connectivity index (χ1v) is 9.70. The molecule has 0 unspecified atom stereocenters. The van der Waals surface area contributed by atoms with E-state index in [2.05, 4.69) is 9.72 Å². The molecule has 0 aliphatic heterocycles. The molecule has 0 amide bonds. The Bertz CT molecular complexity index is 1310. The maximum atomic E-state index is 13.0. The third-order valence-electron chi connectivity index (χ3n) is 4.92. The molecule has 0 bridgehead atoms. The Kier molecular flexibility index (Phi) is 5.82. The summed E-state index contributed by atoms with van der Waals surface area (Å²) >= 11 is 0. The van der Waals surface area contributed by atoms with Gasteiger partial charge in [-0.2, -0.15) is 0 Å². The number of rotatable bonds is 6. The first-order chi connectivity index (χ1) is 15.7. The van der Waals surface area contributed by atoms with Gasteiger partial charge in [0.25, 0.3) is 0 Å². The molecule has 1 N–H and O–H groups in total. The molecule has 4 rings (SSSR count). The van der Waals surface area contributed by atoms with E-state index in [-0.39, 0.29) is 18.1 Å². The molecule has 0 saturated heterocycles. The average Bonchev–Trinajstić information content (AvgIpc) is 3.06. The van der Waals surface area contributed by atoms with Crippen LogP contribution in [0, 0.1) is 0 Å². The second-order valence-electron chi connectivity index (χ2n) is 7.04. The number of hydrogen-bond donors (Lipinski definition) is 1. The van der Waals surface area contributed by atoms with E-state index in [9.17, 15) is 23.1 Å². The molecule has 0 aliphatic carbocycles. The normalized spacial score (nSPS) is 11.4. The van der Waals surface area contributed by atoms with Crippen LogP contribution in [0.25, 0.3) is 16.8 Å². The quantitative estimate of drug-likeness (QED) is 0.466. The summed E-state index contributed by atoms with van der Waals surface area (Å²) in [6.07, 6.45) is -0.279. The molecule has 0 saturated carbocycles. The maximum absolute atomic E-state index is 13.0. The van der Waals surface area contributed by atoms with Crippen LogP contribution >= 0.6 is 0 Å². The molecule has 2 aromatic heterocycles. The van der Waals surface area contributed by atoms with Crippen LogP contribution in [0.5, 0.6) is 17.4 Å². The number of pyridine rings is 1. The largest absolute Gasteiger partial charge is 0.573 e. The fourth-order valence-electron chi connectivity index (χ4n) is 3.41. The zero-order valence-corrected chi connectivity index (χ0v) is 17.3. The number of aromatic hydroxyl groups is 1. The summed E-state index contributed by atoms with van der Waals surface area (Å²) in [5, 5.41) is 10.3. The standard InChI is InChI=1S/C23H18F3N3O4/c1-32-18-6-2-15(3-7-18)20-12-27-11-10-16(20)13-28-14-21(30)29(22(28)31)17-4-8-19(9-5-17)33-23(24,25)26/h2-12,14,30H,13H2,1H3. The molecule has 2 aromatic carbocycles. The van der Waals surface area contributed by atoms with Gasteiger partial charge in [0.2, 0.25) is 5.88 Å². The lowest BCUT2D eigenvalue weighted by Crippen LogP contribution is -2.23. The van der Waals surface area contributed by atoms with Crippen molar-refractivity contribution in [2.45, 2.75) is 12.9 Å². The Morgan fingerprint density at radius 3 is 2.30 bits per heavy atom. The van der Waals surface area contributed by atoms with Crippen molar-refractivity contribution in [3.63, 3.8) is 0 Å². The minimum Gasteiger partial charge on any atom is -0.497 e. The third kappa shape index (κ3) is 4.84. The summed E-state index contributed by atoms with van der Waals surface area (Å²) in [4.78, 5) is 17.1. The summed E-state index contributed by atoms with van der Waals surface area (Å²) in [6.45, 7) is 0.137. The summed E-state index contributed by atoms with van der Waals surface area (Å²) in [7, 11) is 1.57. The van der Waals surface area contributed by atoms with Gasteiger partial charge in [-0.05, 0) is 53.6 Å². The molecule has 0 fully saturated rings. The highest BCUT2D eigenvalue weighted by molar-refractivity contribution is 5.67.